The first-order valence-corrected chi connectivity index (χ1v) is 7.80. The molecule has 1 N–H and O–H groups in total. The lowest BCUT2D eigenvalue weighted by molar-refractivity contribution is 0.249. The zero-order chi connectivity index (χ0) is 17.5. The van der Waals surface area contributed by atoms with Gasteiger partial charge in [0.05, 0.1) is 39.2 Å². The highest BCUT2D eigenvalue weighted by molar-refractivity contribution is 5.50. The molecule has 0 saturated heterocycles. The maximum atomic E-state index is 5.53. The van der Waals surface area contributed by atoms with Crippen molar-refractivity contribution in [2.45, 2.75) is 12.6 Å². The van der Waals surface area contributed by atoms with Crippen molar-refractivity contribution in [2.75, 3.05) is 42.0 Å². The molecule has 1 heterocycles. The van der Waals surface area contributed by atoms with Gasteiger partial charge in [-0.15, -0.1) is 0 Å². The number of hydrogen-bond acceptors (Lipinski definition) is 6. The maximum Gasteiger partial charge on any atom is 0.130 e. The molecular formula is C18H26N2O4. The average molecular weight is 334 g/mol. The number of hydrogen-bond donors (Lipinski definition) is 1. The fourth-order valence-corrected chi connectivity index (χ4v) is 2.60. The number of furan rings is 1. The van der Waals surface area contributed by atoms with Crippen molar-refractivity contribution in [3.8, 4) is 17.2 Å². The van der Waals surface area contributed by atoms with Gasteiger partial charge in [-0.05, 0) is 26.2 Å². The molecule has 0 spiro atoms. The molecule has 0 fully saturated rings. The monoisotopic (exact) mass is 334 g/mol. The minimum atomic E-state index is 0.148. The average Bonchev–Trinajstić information content (AvgIpc) is 3.11. The Hall–Kier alpha value is -2.18. The van der Waals surface area contributed by atoms with Crippen LogP contribution in [-0.4, -0.2) is 46.9 Å². The Morgan fingerprint density at radius 2 is 1.75 bits per heavy atom. The topological polar surface area (TPSA) is 56.1 Å². The Balaban J connectivity index is 2.10. The molecule has 2 rings (SSSR count). The molecule has 0 aliphatic carbocycles. The molecule has 6 nitrogen and oxygen atoms in total. The lowest BCUT2D eigenvalue weighted by Gasteiger charge is -2.23. The Kier molecular flexibility index (Phi) is 6.52. The largest absolute Gasteiger partial charge is 0.496 e. The van der Waals surface area contributed by atoms with Gasteiger partial charge in [0.1, 0.15) is 23.0 Å². The fraction of sp³-hybridized carbons (Fsp3) is 0.444. The predicted molar refractivity (Wildman–Crippen MR) is 92.9 cm³/mol. The highest BCUT2D eigenvalue weighted by Crippen LogP contribution is 2.34. The molecular weight excluding hydrogens is 308 g/mol. The lowest BCUT2D eigenvalue weighted by atomic mass is 10.1. The van der Waals surface area contributed by atoms with Crippen molar-refractivity contribution in [2.24, 2.45) is 0 Å². The van der Waals surface area contributed by atoms with E-state index in [1.54, 1.807) is 27.6 Å². The molecule has 0 aliphatic heterocycles. The van der Waals surface area contributed by atoms with Gasteiger partial charge in [0.25, 0.3) is 0 Å². The van der Waals surface area contributed by atoms with E-state index in [0.29, 0.717) is 12.3 Å². The Morgan fingerprint density at radius 1 is 1.08 bits per heavy atom. The first kappa shape index (κ1) is 18.2. The normalized spacial score (nSPS) is 12.2. The van der Waals surface area contributed by atoms with Gasteiger partial charge in [-0.1, -0.05) is 0 Å². The van der Waals surface area contributed by atoms with Crippen LogP contribution in [0.5, 0.6) is 17.2 Å². The van der Waals surface area contributed by atoms with Gasteiger partial charge in [-0.25, -0.2) is 0 Å². The van der Waals surface area contributed by atoms with E-state index in [9.17, 15) is 0 Å². The quantitative estimate of drug-likeness (QED) is 0.761. The minimum Gasteiger partial charge on any atom is -0.496 e. The first-order chi connectivity index (χ1) is 11.6. The standard InChI is InChI=1S/C18H26N2O4/c1-20(2)15(16-7-6-8-24-16)12-19-11-14-17(22-4)9-13(21-3)10-18(14)23-5/h6-10,15,19H,11-12H2,1-5H3/t15-/m1/s1. The molecule has 1 atom stereocenters. The van der Waals surface area contributed by atoms with Crippen LogP contribution in [-0.2, 0) is 6.54 Å². The third-order valence-electron chi connectivity index (χ3n) is 3.95. The summed E-state index contributed by atoms with van der Waals surface area (Å²) in [6.45, 7) is 1.35. The van der Waals surface area contributed by atoms with Crippen molar-refractivity contribution < 1.29 is 18.6 Å². The van der Waals surface area contributed by atoms with E-state index in [1.807, 2.05) is 38.4 Å². The van der Waals surface area contributed by atoms with Gasteiger partial charge in [0.2, 0.25) is 0 Å². The van der Waals surface area contributed by atoms with Crippen LogP contribution in [0.15, 0.2) is 34.9 Å². The predicted octanol–water partition coefficient (Wildman–Crippen LogP) is 2.70. The molecule has 2 aromatic rings. The van der Waals surface area contributed by atoms with Gasteiger partial charge < -0.3 is 23.9 Å². The summed E-state index contributed by atoms with van der Waals surface area (Å²) < 4.78 is 21.8. The second kappa shape index (κ2) is 8.61. The first-order valence-electron chi connectivity index (χ1n) is 7.80. The lowest BCUT2D eigenvalue weighted by Crippen LogP contribution is -2.30. The number of benzene rings is 1. The third kappa shape index (κ3) is 4.21. The fourth-order valence-electron chi connectivity index (χ4n) is 2.60. The Labute approximate surface area is 143 Å². The van der Waals surface area contributed by atoms with Gasteiger partial charge in [-0.3, -0.25) is 4.90 Å². The second-order valence-electron chi connectivity index (χ2n) is 5.64. The second-order valence-corrected chi connectivity index (χ2v) is 5.64. The van der Waals surface area contributed by atoms with Crippen LogP contribution < -0.4 is 19.5 Å². The Morgan fingerprint density at radius 3 is 2.21 bits per heavy atom. The van der Waals surface area contributed by atoms with Crippen LogP contribution in [0.3, 0.4) is 0 Å². The zero-order valence-corrected chi connectivity index (χ0v) is 15.0. The van der Waals surface area contributed by atoms with Crippen molar-refractivity contribution in [1.29, 1.82) is 0 Å². The SMILES string of the molecule is COc1cc(OC)c(CNC[C@H](c2ccco2)N(C)C)c(OC)c1. The molecule has 132 valence electrons. The van der Waals surface area contributed by atoms with Crippen LogP contribution >= 0.6 is 0 Å². The number of ether oxygens (including phenoxy) is 3. The van der Waals surface area contributed by atoms with E-state index in [2.05, 4.69) is 10.2 Å². The van der Waals surface area contributed by atoms with E-state index in [0.717, 1.165) is 29.4 Å². The third-order valence-corrected chi connectivity index (χ3v) is 3.95. The summed E-state index contributed by atoms with van der Waals surface area (Å²) >= 11 is 0. The molecule has 1 aromatic carbocycles. The van der Waals surface area contributed by atoms with Crippen molar-refractivity contribution in [1.82, 2.24) is 10.2 Å². The van der Waals surface area contributed by atoms with E-state index in [-0.39, 0.29) is 6.04 Å². The summed E-state index contributed by atoms with van der Waals surface area (Å²) in [6.07, 6.45) is 1.70. The minimum absolute atomic E-state index is 0.148. The van der Waals surface area contributed by atoms with Crippen molar-refractivity contribution in [3.05, 3.63) is 41.9 Å². The summed E-state index contributed by atoms with van der Waals surface area (Å²) in [7, 11) is 8.97. The molecule has 0 radical (unpaired) electrons. The number of nitrogens with zero attached hydrogens (tertiary/aromatic N) is 1. The summed E-state index contributed by atoms with van der Waals surface area (Å²) in [5, 5.41) is 3.46. The molecule has 0 bridgehead atoms. The van der Waals surface area contributed by atoms with Crippen LogP contribution in [0, 0.1) is 0 Å². The Bertz CT molecular complexity index is 601. The number of methoxy groups -OCH3 is 3. The zero-order valence-electron chi connectivity index (χ0n) is 15.0. The summed E-state index contributed by atoms with van der Waals surface area (Å²) in [4.78, 5) is 2.12. The molecule has 0 amide bonds. The van der Waals surface area contributed by atoms with Crippen LogP contribution in [0.25, 0.3) is 0 Å². The highest BCUT2D eigenvalue weighted by Gasteiger charge is 2.18. The molecule has 0 aliphatic rings. The summed E-state index contributed by atoms with van der Waals surface area (Å²) in [5.74, 6) is 3.10. The van der Waals surface area contributed by atoms with Crippen LogP contribution in [0.1, 0.15) is 17.4 Å². The van der Waals surface area contributed by atoms with E-state index in [1.165, 1.54) is 0 Å². The highest BCUT2D eigenvalue weighted by atomic mass is 16.5. The maximum absolute atomic E-state index is 5.53. The van der Waals surface area contributed by atoms with Crippen molar-refractivity contribution in [3.63, 3.8) is 0 Å². The molecule has 6 heteroatoms. The number of nitrogens with one attached hydrogen (secondary N) is 1. The summed E-state index contributed by atoms with van der Waals surface area (Å²) in [5.41, 5.74) is 0.956. The molecule has 1 aromatic heterocycles. The van der Waals surface area contributed by atoms with Gasteiger partial charge >= 0.3 is 0 Å². The van der Waals surface area contributed by atoms with E-state index < -0.39 is 0 Å². The molecule has 0 saturated carbocycles. The number of likely N-dealkylation sites (N-methyl/N-ethyl adjacent to an activating group) is 1. The molecule has 0 unspecified atom stereocenters. The van der Waals surface area contributed by atoms with Gasteiger partial charge in [0.15, 0.2) is 0 Å². The van der Waals surface area contributed by atoms with Crippen LogP contribution in [0.4, 0.5) is 0 Å². The summed E-state index contributed by atoms with van der Waals surface area (Å²) in [6, 6.07) is 7.75. The molecule has 24 heavy (non-hydrogen) atoms. The van der Waals surface area contributed by atoms with E-state index >= 15 is 0 Å². The van der Waals surface area contributed by atoms with Crippen LogP contribution in [0.2, 0.25) is 0 Å². The van der Waals surface area contributed by atoms with E-state index in [4.69, 9.17) is 18.6 Å². The van der Waals surface area contributed by atoms with Crippen molar-refractivity contribution >= 4 is 0 Å². The van der Waals surface area contributed by atoms with Gasteiger partial charge in [0, 0.05) is 25.2 Å². The number of rotatable bonds is 9. The smallest absolute Gasteiger partial charge is 0.130 e. The van der Waals surface area contributed by atoms with Gasteiger partial charge in [-0.2, -0.15) is 0 Å².